The summed E-state index contributed by atoms with van der Waals surface area (Å²) < 4.78 is 13.2. The smallest absolute Gasteiger partial charge is 0.173 e. The van der Waals surface area contributed by atoms with E-state index in [4.69, 9.17) is 12.2 Å². The average Bonchev–Trinajstić information content (AvgIpc) is 2.56. The summed E-state index contributed by atoms with van der Waals surface area (Å²) in [6, 6.07) is 16.8. The van der Waals surface area contributed by atoms with Gasteiger partial charge in [-0.3, -0.25) is 4.90 Å². The van der Waals surface area contributed by atoms with Crippen molar-refractivity contribution in [3.63, 3.8) is 0 Å². The van der Waals surface area contributed by atoms with Crippen LogP contribution in [0.5, 0.6) is 0 Å². The van der Waals surface area contributed by atoms with E-state index in [0.29, 0.717) is 0 Å². The number of nitrogens with one attached hydrogen (secondary N) is 1. The zero-order chi connectivity index (χ0) is 16.1. The quantitative estimate of drug-likeness (QED) is 0.870. The normalized spacial score (nSPS) is 15.4. The van der Waals surface area contributed by atoms with Crippen LogP contribution in [0, 0.1) is 5.82 Å². The number of halogens is 1. The molecule has 0 aliphatic carbocycles. The Labute approximate surface area is 141 Å². The van der Waals surface area contributed by atoms with E-state index in [1.165, 1.54) is 6.07 Å². The molecule has 5 heteroatoms. The molecule has 2 aromatic rings. The molecular formula is C18H20FN3S. The van der Waals surface area contributed by atoms with Crippen molar-refractivity contribution in [2.75, 3.05) is 31.5 Å². The van der Waals surface area contributed by atoms with Gasteiger partial charge in [0.1, 0.15) is 5.82 Å². The molecule has 3 nitrogen and oxygen atoms in total. The van der Waals surface area contributed by atoms with Gasteiger partial charge in [-0.15, -0.1) is 0 Å². The molecule has 1 heterocycles. The predicted molar refractivity (Wildman–Crippen MR) is 95.9 cm³/mol. The Bertz CT molecular complexity index is 654. The summed E-state index contributed by atoms with van der Waals surface area (Å²) in [6.45, 7) is 4.40. The third-order valence-corrected chi connectivity index (χ3v) is 4.34. The van der Waals surface area contributed by atoms with Crippen molar-refractivity contribution in [3.05, 3.63) is 66.0 Å². The van der Waals surface area contributed by atoms with Gasteiger partial charge in [0.25, 0.3) is 0 Å². The van der Waals surface area contributed by atoms with Gasteiger partial charge in [0.15, 0.2) is 5.11 Å². The SMILES string of the molecule is Fc1cccc(CN2CCN(C(=S)Nc3ccccc3)CC2)c1. The van der Waals surface area contributed by atoms with Crippen LogP contribution in [0.4, 0.5) is 10.1 Å². The van der Waals surface area contributed by atoms with Gasteiger partial charge in [-0.1, -0.05) is 30.3 Å². The van der Waals surface area contributed by atoms with Crippen LogP contribution >= 0.6 is 12.2 Å². The summed E-state index contributed by atoms with van der Waals surface area (Å²) in [5.41, 5.74) is 2.03. The van der Waals surface area contributed by atoms with Crippen molar-refractivity contribution in [1.82, 2.24) is 9.80 Å². The summed E-state index contributed by atoms with van der Waals surface area (Å²) in [6.07, 6.45) is 0. The molecular weight excluding hydrogens is 309 g/mol. The second kappa shape index (κ2) is 7.53. The first-order chi connectivity index (χ1) is 11.2. The minimum Gasteiger partial charge on any atom is -0.346 e. The van der Waals surface area contributed by atoms with Gasteiger partial charge in [0.05, 0.1) is 0 Å². The first kappa shape index (κ1) is 15.9. The number of thiocarbonyl (C=S) groups is 1. The third kappa shape index (κ3) is 4.50. The van der Waals surface area contributed by atoms with E-state index in [9.17, 15) is 4.39 Å². The van der Waals surface area contributed by atoms with Crippen LogP contribution in [0.2, 0.25) is 0 Å². The molecule has 0 atom stereocenters. The maximum atomic E-state index is 13.2. The van der Waals surface area contributed by atoms with Crippen LogP contribution in [0.15, 0.2) is 54.6 Å². The van der Waals surface area contributed by atoms with Crippen LogP contribution in [0.25, 0.3) is 0 Å². The largest absolute Gasteiger partial charge is 0.346 e. The van der Waals surface area contributed by atoms with Crippen LogP contribution in [0.1, 0.15) is 5.56 Å². The maximum absolute atomic E-state index is 13.2. The van der Waals surface area contributed by atoms with Gasteiger partial charge in [-0.05, 0) is 42.0 Å². The first-order valence-corrected chi connectivity index (χ1v) is 8.19. The number of hydrogen-bond donors (Lipinski definition) is 1. The van der Waals surface area contributed by atoms with E-state index in [1.54, 1.807) is 12.1 Å². The minimum absolute atomic E-state index is 0.172. The van der Waals surface area contributed by atoms with Gasteiger partial charge >= 0.3 is 0 Å². The van der Waals surface area contributed by atoms with E-state index in [-0.39, 0.29) is 5.82 Å². The highest BCUT2D eigenvalue weighted by Crippen LogP contribution is 2.12. The van der Waals surface area contributed by atoms with Crippen molar-refractivity contribution in [2.24, 2.45) is 0 Å². The minimum atomic E-state index is -0.172. The van der Waals surface area contributed by atoms with Crippen molar-refractivity contribution >= 4 is 23.0 Å². The van der Waals surface area contributed by atoms with E-state index in [2.05, 4.69) is 15.1 Å². The first-order valence-electron chi connectivity index (χ1n) is 7.78. The Morgan fingerprint density at radius 3 is 2.43 bits per heavy atom. The third-order valence-electron chi connectivity index (χ3n) is 3.98. The molecule has 0 spiro atoms. The molecule has 0 radical (unpaired) electrons. The standard InChI is InChI=1S/C18H20FN3S/c19-16-6-4-5-15(13-16)14-21-9-11-22(12-10-21)18(23)20-17-7-2-1-3-8-17/h1-8,13H,9-12,14H2,(H,20,23). The van der Waals surface area contributed by atoms with Crippen molar-refractivity contribution in [2.45, 2.75) is 6.54 Å². The fourth-order valence-corrected chi connectivity index (χ4v) is 3.03. The maximum Gasteiger partial charge on any atom is 0.173 e. The molecule has 1 N–H and O–H groups in total. The van der Waals surface area contributed by atoms with Crippen LogP contribution in [0.3, 0.4) is 0 Å². The second-order valence-corrected chi connectivity index (χ2v) is 6.08. The van der Waals surface area contributed by atoms with Crippen molar-refractivity contribution < 1.29 is 4.39 Å². The molecule has 1 saturated heterocycles. The van der Waals surface area contributed by atoms with Gasteiger partial charge in [0, 0.05) is 38.4 Å². The molecule has 0 saturated carbocycles. The molecule has 0 unspecified atom stereocenters. The highest BCUT2D eigenvalue weighted by atomic mass is 32.1. The number of anilines is 1. The molecule has 1 aliphatic heterocycles. The van der Waals surface area contributed by atoms with Gasteiger partial charge in [-0.25, -0.2) is 4.39 Å². The van der Waals surface area contributed by atoms with Crippen molar-refractivity contribution in [1.29, 1.82) is 0 Å². The lowest BCUT2D eigenvalue weighted by Crippen LogP contribution is -2.49. The van der Waals surface area contributed by atoms with Gasteiger partial charge in [-0.2, -0.15) is 0 Å². The Morgan fingerprint density at radius 2 is 1.74 bits per heavy atom. The number of piperazine rings is 1. The summed E-state index contributed by atoms with van der Waals surface area (Å²) in [4.78, 5) is 4.51. The molecule has 1 aliphatic rings. The number of benzene rings is 2. The molecule has 0 amide bonds. The molecule has 1 fully saturated rings. The lowest BCUT2D eigenvalue weighted by molar-refractivity contribution is 0.177. The Balaban J connectivity index is 1.49. The van der Waals surface area contributed by atoms with E-state index >= 15 is 0 Å². The lowest BCUT2D eigenvalue weighted by Gasteiger charge is -2.36. The molecule has 0 aromatic heterocycles. The molecule has 3 rings (SSSR count). The average molecular weight is 329 g/mol. The summed E-state index contributed by atoms with van der Waals surface area (Å²) in [5.74, 6) is -0.172. The van der Waals surface area contributed by atoms with E-state index < -0.39 is 0 Å². The Kier molecular flexibility index (Phi) is 5.20. The van der Waals surface area contributed by atoms with E-state index in [0.717, 1.165) is 49.1 Å². The van der Waals surface area contributed by atoms with Crippen LogP contribution in [-0.4, -0.2) is 41.1 Å². The van der Waals surface area contributed by atoms with Gasteiger partial charge in [0.2, 0.25) is 0 Å². The summed E-state index contributed by atoms with van der Waals surface area (Å²) in [7, 11) is 0. The topological polar surface area (TPSA) is 18.5 Å². The highest BCUT2D eigenvalue weighted by molar-refractivity contribution is 7.80. The summed E-state index contributed by atoms with van der Waals surface area (Å²) in [5, 5.41) is 4.04. The molecule has 120 valence electrons. The zero-order valence-corrected chi connectivity index (χ0v) is 13.7. The monoisotopic (exact) mass is 329 g/mol. The fourth-order valence-electron chi connectivity index (χ4n) is 2.73. The molecule has 23 heavy (non-hydrogen) atoms. The Hall–Kier alpha value is -1.98. The zero-order valence-electron chi connectivity index (χ0n) is 12.9. The van der Waals surface area contributed by atoms with Crippen LogP contribution in [-0.2, 0) is 6.54 Å². The van der Waals surface area contributed by atoms with Gasteiger partial charge < -0.3 is 10.2 Å². The lowest BCUT2D eigenvalue weighted by atomic mass is 10.2. The number of hydrogen-bond acceptors (Lipinski definition) is 2. The molecule has 0 bridgehead atoms. The highest BCUT2D eigenvalue weighted by Gasteiger charge is 2.19. The number of para-hydroxylation sites is 1. The predicted octanol–water partition coefficient (Wildman–Crippen LogP) is 3.34. The van der Waals surface area contributed by atoms with Crippen LogP contribution < -0.4 is 5.32 Å². The number of rotatable bonds is 3. The second-order valence-electron chi connectivity index (χ2n) is 5.69. The number of nitrogens with zero attached hydrogens (tertiary/aromatic N) is 2. The molecule has 2 aromatic carbocycles. The summed E-state index contributed by atoms with van der Waals surface area (Å²) >= 11 is 5.49. The van der Waals surface area contributed by atoms with E-state index in [1.807, 2.05) is 36.4 Å². The van der Waals surface area contributed by atoms with Crippen molar-refractivity contribution in [3.8, 4) is 0 Å². The Morgan fingerprint density at radius 1 is 1.00 bits per heavy atom. The fraction of sp³-hybridized carbons (Fsp3) is 0.278.